The van der Waals surface area contributed by atoms with Gasteiger partial charge >= 0.3 is 6.09 Å². The Hall–Kier alpha value is -3.18. The quantitative estimate of drug-likeness (QED) is 0.416. The van der Waals surface area contributed by atoms with E-state index in [1.165, 1.54) is 0 Å². The molecule has 2 fully saturated rings. The Morgan fingerprint density at radius 1 is 1.14 bits per heavy atom. The number of anilines is 1. The molecule has 0 aliphatic carbocycles. The second kappa shape index (κ2) is 14.3. The second-order valence-electron chi connectivity index (χ2n) is 14.5. The van der Waals surface area contributed by atoms with Gasteiger partial charge in [0.15, 0.2) is 0 Å². The predicted octanol–water partition coefficient (Wildman–Crippen LogP) is 5.04. The van der Waals surface area contributed by atoms with Crippen molar-refractivity contribution in [3.05, 3.63) is 41.7 Å². The van der Waals surface area contributed by atoms with Crippen LogP contribution in [0, 0.1) is 11.8 Å². The summed E-state index contributed by atoms with van der Waals surface area (Å²) in [7, 11) is 0. The van der Waals surface area contributed by atoms with Crippen LogP contribution >= 0.6 is 0 Å². The zero-order chi connectivity index (χ0) is 32.1. The predicted molar refractivity (Wildman–Crippen MR) is 170 cm³/mol. The van der Waals surface area contributed by atoms with Crippen molar-refractivity contribution in [1.82, 2.24) is 24.7 Å². The Bertz CT molecular complexity index is 1230. The first-order valence-corrected chi connectivity index (χ1v) is 15.9. The number of hydrogen-bond donors (Lipinski definition) is 1. The summed E-state index contributed by atoms with van der Waals surface area (Å²) in [6.07, 6.45) is 3.71. The van der Waals surface area contributed by atoms with E-state index in [0.29, 0.717) is 56.6 Å². The van der Waals surface area contributed by atoms with Crippen LogP contribution in [0.5, 0.6) is 0 Å². The molecule has 11 heteroatoms. The number of furan rings is 1. The first-order valence-electron chi connectivity index (χ1n) is 15.9. The van der Waals surface area contributed by atoms with Crippen LogP contribution in [0.1, 0.15) is 83.8 Å². The van der Waals surface area contributed by atoms with Crippen molar-refractivity contribution >= 4 is 17.8 Å². The topological polar surface area (TPSA) is 113 Å². The Labute approximate surface area is 262 Å². The molecule has 2 saturated heterocycles. The van der Waals surface area contributed by atoms with E-state index < -0.39 is 5.60 Å². The Balaban J connectivity index is 1.65. The van der Waals surface area contributed by atoms with Gasteiger partial charge in [-0.2, -0.15) is 0 Å². The van der Waals surface area contributed by atoms with Crippen LogP contribution in [0.15, 0.2) is 29.0 Å². The molecule has 2 aliphatic heterocycles. The van der Waals surface area contributed by atoms with E-state index in [4.69, 9.17) is 18.9 Å². The van der Waals surface area contributed by atoms with Crippen molar-refractivity contribution < 1.29 is 23.5 Å². The monoisotopic (exact) mass is 612 g/mol. The molecule has 4 rings (SSSR count). The largest absolute Gasteiger partial charge is 0.467 e. The van der Waals surface area contributed by atoms with Crippen molar-refractivity contribution in [3.8, 4) is 0 Å². The maximum absolute atomic E-state index is 14.5. The molecule has 0 bridgehead atoms. The molecule has 2 atom stereocenters. The number of aromatic nitrogens is 2. The number of nitrogens with zero attached hydrogens (tertiary/aromatic N) is 5. The van der Waals surface area contributed by atoms with Crippen LogP contribution in [0.25, 0.3) is 0 Å². The highest BCUT2D eigenvalue weighted by Crippen LogP contribution is 2.29. The molecule has 0 aromatic carbocycles. The van der Waals surface area contributed by atoms with Gasteiger partial charge < -0.3 is 29.0 Å². The summed E-state index contributed by atoms with van der Waals surface area (Å²) < 4.78 is 16.9. The van der Waals surface area contributed by atoms with Crippen LogP contribution in [0.4, 0.5) is 10.6 Å². The average Bonchev–Trinajstić information content (AvgIpc) is 3.47. The fourth-order valence-electron chi connectivity index (χ4n) is 5.72. The summed E-state index contributed by atoms with van der Waals surface area (Å²) in [5.74, 6) is 2.10. The highest BCUT2D eigenvalue weighted by Gasteiger charge is 2.39. The Morgan fingerprint density at radius 3 is 2.48 bits per heavy atom. The van der Waals surface area contributed by atoms with Gasteiger partial charge in [0, 0.05) is 50.9 Å². The summed E-state index contributed by atoms with van der Waals surface area (Å²) in [6, 6.07) is 3.52. The SMILES string of the molecule is CC(C)CN(C(=O)c1cnc(C(C)(C)C)nc1NCc1ccco1)C1C[C@H](CN2CCOCC2)CN(C(=O)OC(C)(C)C)C1. The number of likely N-dealkylation sites (tertiary alicyclic amines) is 1. The lowest BCUT2D eigenvalue weighted by atomic mass is 9.91. The lowest BCUT2D eigenvalue weighted by Crippen LogP contribution is -2.57. The number of carbonyl (C=O) groups excluding carboxylic acids is 2. The molecule has 2 aliphatic rings. The molecule has 0 radical (unpaired) electrons. The fourth-order valence-corrected chi connectivity index (χ4v) is 5.72. The van der Waals surface area contributed by atoms with Crippen molar-refractivity contribution in [3.63, 3.8) is 0 Å². The third-order valence-electron chi connectivity index (χ3n) is 7.75. The molecule has 2 amide bonds. The molecule has 1 N–H and O–H groups in total. The number of nitrogens with one attached hydrogen (secondary N) is 1. The summed E-state index contributed by atoms with van der Waals surface area (Å²) in [5.41, 5.74) is -0.508. The highest BCUT2D eigenvalue weighted by molar-refractivity contribution is 5.98. The van der Waals surface area contributed by atoms with E-state index in [2.05, 4.69) is 29.0 Å². The zero-order valence-corrected chi connectivity index (χ0v) is 27.9. The van der Waals surface area contributed by atoms with Gasteiger partial charge in [0.25, 0.3) is 5.91 Å². The fraction of sp³-hybridized carbons (Fsp3) is 0.697. The van der Waals surface area contributed by atoms with E-state index in [-0.39, 0.29) is 35.3 Å². The normalized spacial score (nSPS) is 20.1. The molecule has 0 saturated carbocycles. The molecule has 4 heterocycles. The molecule has 1 unspecified atom stereocenters. The minimum atomic E-state index is -0.613. The molecule has 44 heavy (non-hydrogen) atoms. The van der Waals surface area contributed by atoms with Gasteiger partial charge in [-0.1, -0.05) is 34.6 Å². The number of hydrogen-bond acceptors (Lipinski definition) is 9. The summed E-state index contributed by atoms with van der Waals surface area (Å²) in [5, 5.41) is 3.34. The van der Waals surface area contributed by atoms with Gasteiger partial charge in [-0.05, 0) is 51.2 Å². The highest BCUT2D eigenvalue weighted by atomic mass is 16.6. The van der Waals surface area contributed by atoms with Crippen molar-refractivity contribution in [1.29, 1.82) is 0 Å². The van der Waals surface area contributed by atoms with Gasteiger partial charge in [-0.15, -0.1) is 0 Å². The lowest BCUT2D eigenvalue weighted by Gasteiger charge is -2.44. The Kier molecular flexibility index (Phi) is 10.9. The first kappa shape index (κ1) is 33.7. The third-order valence-corrected chi connectivity index (χ3v) is 7.75. The van der Waals surface area contributed by atoms with E-state index in [1.807, 2.05) is 58.6 Å². The molecular weight excluding hydrogens is 560 g/mol. The van der Waals surface area contributed by atoms with E-state index in [1.54, 1.807) is 17.4 Å². The van der Waals surface area contributed by atoms with Gasteiger partial charge in [-0.3, -0.25) is 9.69 Å². The van der Waals surface area contributed by atoms with Crippen LogP contribution in [-0.2, 0) is 21.4 Å². The molecule has 2 aromatic rings. The lowest BCUT2D eigenvalue weighted by molar-refractivity contribution is -0.0104. The molecule has 2 aromatic heterocycles. The maximum atomic E-state index is 14.5. The van der Waals surface area contributed by atoms with Gasteiger partial charge in [-0.25, -0.2) is 14.8 Å². The third kappa shape index (κ3) is 9.41. The molecule has 244 valence electrons. The number of carbonyl (C=O) groups is 2. The molecule has 0 spiro atoms. The van der Waals surface area contributed by atoms with Crippen LogP contribution in [-0.4, -0.2) is 101 Å². The van der Waals surface area contributed by atoms with Crippen molar-refractivity contribution in [2.24, 2.45) is 11.8 Å². The number of amides is 2. The zero-order valence-electron chi connectivity index (χ0n) is 27.9. The van der Waals surface area contributed by atoms with Gasteiger partial charge in [0.05, 0.1) is 32.1 Å². The molecular formula is C33H52N6O5. The standard InChI is InChI=1S/C33H52N6O5/c1-23(2)19-39(29(40)27-18-35-30(32(3,4)5)36-28(27)34-17-26-10-9-13-43-26)25-16-24(20-37-11-14-42-15-12-37)21-38(22-25)31(41)44-33(6,7)8/h9-10,13,18,23-25H,11-12,14-17,19-22H2,1-8H3,(H,34,35,36)/t24-,25?/m1/s1. The number of piperidine rings is 1. The maximum Gasteiger partial charge on any atom is 0.410 e. The van der Waals surface area contributed by atoms with E-state index in [0.717, 1.165) is 31.8 Å². The van der Waals surface area contributed by atoms with Crippen LogP contribution in [0.2, 0.25) is 0 Å². The second-order valence-corrected chi connectivity index (χ2v) is 14.5. The number of morpholine rings is 1. The number of rotatable bonds is 9. The first-order chi connectivity index (χ1) is 20.7. The number of ether oxygens (including phenoxy) is 2. The van der Waals surface area contributed by atoms with E-state index in [9.17, 15) is 9.59 Å². The summed E-state index contributed by atoms with van der Waals surface area (Å²) >= 11 is 0. The van der Waals surface area contributed by atoms with Gasteiger partial charge in [0.2, 0.25) is 0 Å². The minimum Gasteiger partial charge on any atom is -0.467 e. The van der Waals surface area contributed by atoms with E-state index >= 15 is 0 Å². The smallest absolute Gasteiger partial charge is 0.410 e. The van der Waals surface area contributed by atoms with Crippen LogP contribution in [0.3, 0.4) is 0 Å². The summed E-state index contributed by atoms with van der Waals surface area (Å²) in [6.45, 7) is 21.9. The van der Waals surface area contributed by atoms with Crippen molar-refractivity contribution in [2.45, 2.75) is 85.4 Å². The average molecular weight is 613 g/mol. The summed E-state index contributed by atoms with van der Waals surface area (Å²) in [4.78, 5) is 43.5. The molecule has 11 nitrogen and oxygen atoms in total. The van der Waals surface area contributed by atoms with Crippen LogP contribution < -0.4 is 5.32 Å². The Morgan fingerprint density at radius 2 is 1.86 bits per heavy atom. The van der Waals surface area contributed by atoms with Crippen molar-refractivity contribution in [2.75, 3.05) is 57.8 Å². The van der Waals surface area contributed by atoms with Gasteiger partial charge in [0.1, 0.15) is 28.6 Å². The minimum absolute atomic E-state index is 0.151.